The maximum atomic E-state index is 11.2. The number of hydrogen-bond acceptors (Lipinski definition) is 4. The number of rotatable bonds is 6. The summed E-state index contributed by atoms with van der Waals surface area (Å²) in [7, 11) is -2.89. The molecule has 0 aromatic carbocycles. The molecule has 0 atom stereocenters. The highest BCUT2D eigenvalue weighted by Crippen LogP contribution is 2.20. The topological polar surface area (TPSA) is 56.3 Å². The summed E-state index contributed by atoms with van der Waals surface area (Å²) in [6, 6.07) is 3.55. The molecule has 0 aliphatic heterocycles. The molecular weight excluding hydrogens is 294 g/mol. The summed E-state index contributed by atoms with van der Waals surface area (Å²) < 4.78 is 28.4. The van der Waals surface area contributed by atoms with Crippen molar-refractivity contribution in [3.8, 4) is 5.75 Å². The van der Waals surface area contributed by atoms with Crippen molar-refractivity contribution in [2.24, 2.45) is 0 Å². The Morgan fingerprint density at radius 2 is 2.25 bits per heavy atom. The van der Waals surface area contributed by atoms with Crippen molar-refractivity contribution in [2.75, 3.05) is 18.1 Å². The predicted octanol–water partition coefficient (Wildman–Crippen LogP) is 2.05. The van der Waals surface area contributed by atoms with Gasteiger partial charge in [-0.2, -0.15) is 0 Å². The second-order valence-electron chi connectivity index (χ2n) is 3.23. The van der Waals surface area contributed by atoms with E-state index in [2.05, 4.69) is 20.9 Å². The van der Waals surface area contributed by atoms with Crippen LogP contribution in [0.15, 0.2) is 22.9 Å². The van der Waals surface area contributed by atoms with Crippen molar-refractivity contribution in [1.29, 1.82) is 0 Å². The Morgan fingerprint density at radius 1 is 1.50 bits per heavy atom. The number of pyridine rings is 1. The molecule has 4 nitrogen and oxygen atoms in total. The van der Waals surface area contributed by atoms with E-state index < -0.39 is 9.84 Å². The summed E-state index contributed by atoms with van der Waals surface area (Å²) in [4.78, 5) is 4.00. The van der Waals surface area contributed by atoms with Crippen molar-refractivity contribution in [3.05, 3.63) is 22.9 Å². The van der Waals surface area contributed by atoms with Crippen molar-refractivity contribution in [3.63, 3.8) is 0 Å². The van der Waals surface area contributed by atoms with E-state index in [4.69, 9.17) is 4.74 Å². The Kier molecular flexibility index (Phi) is 5.21. The van der Waals surface area contributed by atoms with Gasteiger partial charge in [-0.3, -0.25) is 0 Å². The molecule has 0 saturated heterocycles. The van der Waals surface area contributed by atoms with E-state index in [9.17, 15) is 8.42 Å². The zero-order valence-electron chi connectivity index (χ0n) is 9.02. The van der Waals surface area contributed by atoms with Gasteiger partial charge in [-0.1, -0.05) is 6.92 Å². The molecule has 0 aliphatic rings. The fourth-order valence-electron chi connectivity index (χ4n) is 1.08. The van der Waals surface area contributed by atoms with Crippen LogP contribution in [0.25, 0.3) is 0 Å². The molecule has 0 aliphatic carbocycles. The summed E-state index contributed by atoms with van der Waals surface area (Å²) >= 11 is 3.25. The lowest BCUT2D eigenvalue weighted by atomic mass is 10.4. The van der Waals surface area contributed by atoms with Gasteiger partial charge in [0.1, 0.15) is 14.4 Å². The zero-order valence-corrected chi connectivity index (χ0v) is 11.4. The van der Waals surface area contributed by atoms with Gasteiger partial charge in [-0.15, -0.1) is 0 Å². The molecule has 0 unspecified atom stereocenters. The van der Waals surface area contributed by atoms with E-state index in [0.29, 0.717) is 23.4 Å². The number of halogens is 1. The normalized spacial score (nSPS) is 11.4. The second-order valence-corrected chi connectivity index (χ2v) is 6.45. The fourth-order valence-corrected chi connectivity index (χ4v) is 2.30. The predicted molar refractivity (Wildman–Crippen MR) is 66.4 cm³/mol. The summed E-state index contributed by atoms with van der Waals surface area (Å²) in [5.74, 6) is 0.988. The number of ether oxygens (including phenoxy) is 1. The van der Waals surface area contributed by atoms with Crippen LogP contribution >= 0.6 is 15.9 Å². The van der Waals surface area contributed by atoms with E-state index >= 15 is 0 Å². The van der Waals surface area contributed by atoms with Crippen molar-refractivity contribution in [2.45, 2.75) is 13.3 Å². The molecule has 0 fully saturated rings. The molecule has 0 bridgehead atoms. The van der Waals surface area contributed by atoms with Crippen LogP contribution in [0, 0.1) is 0 Å². The Balaban J connectivity index is 2.35. The first-order chi connectivity index (χ1) is 7.55. The lowest BCUT2D eigenvalue weighted by molar-refractivity contribution is 0.314. The van der Waals surface area contributed by atoms with Crippen LogP contribution in [0.1, 0.15) is 13.3 Å². The molecule has 1 aromatic rings. The average molecular weight is 308 g/mol. The van der Waals surface area contributed by atoms with Crippen LogP contribution in [-0.2, 0) is 9.84 Å². The summed E-state index contributed by atoms with van der Waals surface area (Å²) in [5, 5.41) is 0. The van der Waals surface area contributed by atoms with E-state index in [1.54, 1.807) is 25.3 Å². The van der Waals surface area contributed by atoms with Crippen molar-refractivity contribution < 1.29 is 13.2 Å². The molecule has 0 N–H and O–H groups in total. The standard InChI is InChI=1S/C10H14BrNO3S/c1-2-16(13,14)8-4-7-15-9-5-3-6-12-10(9)11/h3,5-6H,2,4,7-8H2,1H3. The molecule has 0 saturated carbocycles. The van der Waals surface area contributed by atoms with E-state index in [-0.39, 0.29) is 11.5 Å². The Hall–Kier alpha value is -0.620. The van der Waals surface area contributed by atoms with Crippen LogP contribution in [0.4, 0.5) is 0 Å². The van der Waals surface area contributed by atoms with Gasteiger partial charge < -0.3 is 4.74 Å². The third kappa shape index (κ3) is 4.49. The minimum Gasteiger partial charge on any atom is -0.491 e. The molecular formula is C10H14BrNO3S. The highest BCUT2D eigenvalue weighted by atomic mass is 79.9. The lowest BCUT2D eigenvalue weighted by Gasteiger charge is -2.06. The quantitative estimate of drug-likeness (QED) is 0.596. The molecule has 1 heterocycles. The van der Waals surface area contributed by atoms with Gasteiger partial charge in [-0.25, -0.2) is 13.4 Å². The highest BCUT2D eigenvalue weighted by molar-refractivity contribution is 9.10. The third-order valence-electron chi connectivity index (χ3n) is 2.02. The van der Waals surface area contributed by atoms with Crippen LogP contribution in [0.5, 0.6) is 5.75 Å². The monoisotopic (exact) mass is 307 g/mol. The molecule has 90 valence electrons. The molecule has 16 heavy (non-hydrogen) atoms. The van der Waals surface area contributed by atoms with Gasteiger partial charge >= 0.3 is 0 Å². The van der Waals surface area contributed by atoms with Gasteiger partial charge in [0, 0.05) is 11.9 Å². The second kappa shape index (κ2) is 6.20. The molecule has 1 rings (SSSR count). The van der Waals surface area contributed by atoms with Gasteiger partial charge in [0.15, 0.2) is 5.75 Å². The smallest absolute Gasteiger partial charge is 0.152 e. The lowest BCUT2D eigenvalue weighted by Crippen LogP contribution is -2.11. The fraction of sp³-hybridized carbons (Fsp3) is 0.500. The third-order valence-corrected chi connectivity index (χ3v) is 4.41. The molecule has 0 spiro atoms. The maximum absolute atomic E-state index is 11.2. The number of aromatic nitrogens is 1. The number of sulfone groups is 1. The van der Waals surface area contributed by atoms with Crippen LogP contribution in [0.3, 0.4) is 0 Å². The SMILES string of the molecule is CCS(=O)(=O)CCCOc1cccnc1Br. The van der Waals surface area contributed by atoms with Gasteiger partial charge in [-0.05, 0) is 34.5 Å². The largest absolute Gasteiger partial charge is 0.491 e. The first-order valence-electron chi connectivity index (χ1n) is 4.99. The highest BCUT2D eigenvalue weighted by Gasteiger charge is 2.07. The minimum atomic E-state index is -2.89. The molecule has 0 radical (unpaired) electrons. The molecule has 0 amide bonds. The first kappa shape index (κ1) is 13.4. The van der Waals surface area contributed by atoms with Gasteiger partial charge in [0.25, 0.3) is 0 Å². The minimum absolute atomic E-state index is 0.168. The first-order valence-corrected chi connectivity index (χ1v) is 7.60. The van der Waals surface area contributed by atoms with Crippen LogP contribution in [0.2, 0.25) is 0 Å². The van der Waals surface area contributed by atoms with Gasteiger partial charge in [0.2, 0.25) is 0 Å². The summed E-state index contributed by atoms with van der Waals surface area (Å²) in [5.41, 5.74) is 0. The van der Waals surface area contributed by atoms with Crippen molar-refractivity contribution >= 4 is 25.8 Å². The van der Waals surface area contributed by atoms with E-state index in [0.717, 1.165) is 0 Å². The van der Waals surface area contributed by atoms with Crippen molar-refractivity contribution in [1.82, 2.24) is 4.98 Å². The average Bonchev–Trinajstić information content (AvgIpc) is 2.27. The number of nitrogens with zero attached hydrogens (tertiary/aromatic N) is 1. The summed E-state index contributed by atoms with van der Waals surface area (Å²) in [6.45, 7) is 2.03. The molecule has 1 aromatic heterocycles. The zero-order chi connectivity index (χ0) is 12.0. The van der Waals surface area contributed by atoms with Gasteiger partial charge in [0.05, 0.1) is 12.4 Å². The summed E-state index contributed by atoms with van der Waals surface area (Å²) in [6.07, 6.45) is 2.15. The van der Waals surface area contributed by atoms with Crippen LogP contribution in [-0.4, -0.2) is 31.5 Å². The number of hydrogen-bond donors (Lipinski definition) is 0. The Morgan fingerprint density at radius 3 is 2.88 bits per heavy atom. The maximum Gasteiger partial charge on any atom is 0.152 e. The van der Waals surface area contributed by atoms with E-state index in [1.165, 1.54) is 0 Å². The molecule has 6 heteroatoms. The Labute approximate surface area is 104 Å². The van der Waals surface area contributed by atoms with Crippen LogP contribution < -0.4 is 4.74 Å². The Bertz CT molecular complexity index is 433. The van der Waals surface area contributed by atoms with E-state index in [1.807, 2.05) is 0 Å².